The van der Waals surface area contributed by atoms with Crippen LogP contribution in [0.2, 0.25) is 0 Å². The van der Waals surface area contributed by atoms with E-state index in [0.29, 0.717) is 21.7 Å². The van der Waals surface area contributed by atoms with Crippen LogP contribution in [0.3, 0.4) is 0 Å². The Morgan fingerprint density at radius 2 is 1.69 bits per heavy atom. The van der Waals surface area contributed by atoms with E-state index in [2.05, 4.69) is 5.43 Å². The Balaban J connectivity index is 1.45. The fourth-order valence-electron chi connectivity index (χ4n) is 8.37. The van der Waals surface area contributed by atoms with Crippen molar-refractivity contribution in [1.82, 2.24) is 9.91 Å². The van der Waals surface area contributed by atoms with Gasteiger partial charge in [0.1, 0.15) is 0 Å². The fraction of sp³-hybridized carbons (Fsp3) is 0.324. The molecule has 2 aliphatic carbocycles. The molecule has 246 valence electrons. The number of benzene rings is 3. The summed E-state index contributed by atoms with van der Waals surface area (Å²) >= 11 is 0. The molecule has 2 aliphatic heterocycles. The number of phenols is 1. The normalized spacial score (nSPS) is 27.6. The number of phenolic OH excluding ortho intramolecular Hbond substituents is 1. The number of hydrogen-bond acceptors (Lipinski definition) is 9. The zero-order valence-corrected chi connectivity index (χ0v) is 26.7. The molecule has 4 aliphatic rings. The first-order valence-corrected chi connectivity index (χ1v) is 16.0. The van der Waals surface area contributed by atoms with E-state index in [0.717, 1.165) is 23.3 Å². The molecule has 2 saturated heterocycles. The molecule has 0 unspecified atom stereocenters. The van der Waals surface area contributed by atoms with Crippen LogP contribution in [0.5, 0.6) is 11.5 Å². The second-order valence-electron chi connectivity index (χ2n) is 12.7. The number of ether oxygens (including phenoxy) is 2. The first-order chi connectivity index (χ1) is 23.1. The highest BCUT2D eigenvalue weighted by molar-refractivity contribution is 6.16. The lowest BCUT2D eigenvalue weighted by molar-refractivity contribution is -0.140. The van der Waals surface area contributed by atoms with Crippen LogP contribution in [0.25, 0.3) is 0 Å². The smallest absolute Gasteiger partial charge is 0.423 e. The predicted molar refractivity (Wildman–Crippen MR) is 172 cm³/mol. The topological polar surface area (TPSA) is 143 Å². The van der Waals surface area contributed by atoms with Crippen LogP contribution in [0.15, 0.2) is 84.4 Å². The number of amides is 5. The van der Waals surface area contributed by atoms with E-state index in [1.165, 1.54) is 6.07 Å². The Morgan fingerprint density at radius 1 is 0.958 bits per heavy atom. The average molecular weight is 650 g/mol. The molecule has 7 rings (SSSR count). The summed E-state index contributed by atoms with van der Waals surface area (Å²) in [7, 11) is 1.11. The summed E-state index contributed by atoms with van der Waals surface area (Å²) in [5, 5.41) is 11.7. The number of nitrogens with zero attached hydrogens (tertiary/aromatic N) is 2. The number of aromatic hydroxyl groups is 1. The van der Waals surface area contributed by atoms with E-state index in [1.807, 2.05) is 55.5 Å². The van der Waals surface area contributed by atoms with Gasteiger partial charge in [-0.2, -0.15) is 9.91 Å². The largest absolute Gasteiger partial charge is 0.504 e. The molecule has 3 aromatic rings. The van der Waals surface area contributed by atoms with Crippen molar-refractivity contribution in [3.05, 3.63) is 101 Å². The van der Waals surface area contributed by atoms with Crippen LogP contribution in [0.1, 0.15) is 42.4 Å². The van der Waals surface area contributed by atoms with Crippen molar-refractivity contribution in [3.8, 4) is 11.5 Å². The van der Waals surface area contributed by atoms with Crippen molar-refractivity contribution in [2.24, 2.45) is 23.7 Å². The Hall–Kier alpha value is -5.45. The van der Waals surface area contributed by atoms with Gasteiger partial charge in [0.2, 0.25) is 11.8 Å². The summed E-state index contributed by atoms with van der Waals surface area (Å²) in [6, 6.07) is 21.3. The monoisotopic (exact) mass is 649 g/mol. The number of aryl methyl sites for hydroxylation is 1. The number of fused-ring (bicyclic) bond motifs is 4. The summed E-state index contributed by atoms with van der Waals surface area (Å²) in [5.74, 6) is -6.29. The Labute approximate surface area is 277 Å². The molecule has 0 aromatic heterocycles. The molecule has 0 radical (unpaired) electrons. The highest BCUT2D eigenvalue weighted by Gasteiger charge is 2.70. The van der Waals surface area contributed by atoms with E-state index in [-0.39, 0.29) is 30.9 Å². The highest BCUT2D eigenvalue weighted by atomic mass is 16.5. The fourth-order valence-corrected chi connectivity index (χ4v) is 8.37. The summed E-state index contributed by atoms with van der Waals surface area (Å²) < 4.78 is 10.5. The molecular weight excluding hydrogens is 614 g/mol. The van der Waals surface area contributed by atoms with Gasteiger partial charge in [-0.15, -0.1) is 0 Å². The Kier molecular flexibility index (Phi) is 7.57. The molecule has 5 amide bonds. The first-order valence-electron chi connectivity index (χ1n) is 16.0. The minimum absolute atomic E-state index is 0.0828. The van der Waals surface area contributed by atoms with Gasteiger partial charge < -0.3 is 14.6 Å². The number of rotatable bonds is 6. The van der Waals surface area contributed by atoms with E-state index in [4.69, 9.17) is 9.47 Å². The molecule has 0 spiro atoms. The van der Waals surface area contributed by atoms with E-state index in [1.54, 1.807) is 31.2 Å². The van der Waals surface area contributed by atoms with Crippen molar-refractivity contribution in [1.29, 1.82) is 0 Å². The van der Waals surface area contributed by atoms with Crippen molar-refractivity contribution >= 4 is 35.4 Å². The molecule has 11 nitrogen and oxygen atoms in total. The number of hydrogen-bond donors (Lipinski definition) is 2. The molecule has 1 saturated carbocycles. The van der Waals surface area contributed by atoms with Gasteiger partial charge in [-0.05, 0) is 68.0 Å². The predicted octanol–water partition coefficient (Wildman–Crippen LogP) is 4.85. The molecule has 3 aromatic carbocycles. The molecule has 2 N–H and O–H groups in total. The molecular formula is C37H35N3O8. The number of nitrogens with one attached hydrogen (secondary N) is 1. The number of likely N-dealkylation sites (tertiary alicyclic amines) is 1. The number of allylic oxidation sites excluding steroid dienone is 2. The quantitative estimate of drug-likeness (QED) is 0.283. The molecule has 0 bridgehead atoms. The standard InChI is InChI=1S/C37H35N3O8/c1-4-48-29-18-21(12-17-28(29)41)31-24-15-16-25-30(34(44)39(32(25)42)36(46)47-3)26(24)19-27-33(43)40(38-23-13-10-20(2)11-14-23)35(45)37(27,31)22-8-6-5-7-9-22/h5-15,17-18,25-27,30-31,38,41H,4,16,19H2,1-3H3/t25-,26+,27-,30-,31-,37+/m0/s1. The minimum Gasteiger partial charge on any atom is -0.504 e. The zero-order chi connectivity index (χ0) is 33.9. The van der Waals surface area contributed by atoms with Gasteiger partial charge in [0.05, 0.1) is 42.6 Å². The lowest BCUT2D eigenvalue weighted by atomic mass is 9.49. The van der Waals surface area contributed by atoms with E-state index in [9.17, 15) is 24.3 Å². The second kappa shape index (κ2) is 11.7. The number of imide groups is 4. The maximum Gasteiger partial charge on any atom is 0.423 e. The lowest BCUT2D eigenvalue weighted by Gasteiger charge is -2.50. The third-order valence-corrected chi connectivity index (χ3v) is 10.4. The van der Waals surface area contributed by atoms with Crippen molar-refractivity contribution in [3.63, 3.8) is 0 Å². The van der Waals surface area contributed by atoms with Crippen molar-refractivity contribution in [2.45, 2.75) is 38.0 Å². The SMILES string of the molecule is CCOc1cc([C@H]2C3=CC[C@@H]4C(=O)N(C(=O)OC)C(=O)[C@@H]4[C@@H]3C[C@H]3C(=O)N(Nc4ccc(C)cc4)C(=O)[C@@]23c2ccccc2)ccc1O. The number of carbonyl (C=O) groups is 5. The zero-order valence-electron chi connectivity index (χ0n) is 26.7. The molecule has 48 heavy (non-hydrogen) atoms. The summed E-state index contributed by atoms with van der Waals surface area (Å²) in [5.41, 5.74) is 5.08. The number of methoxy groups -OCH3 is 1. The van der Waals surface area contributed by atoms with Crippen LogP contribution in [0.4, 0.5) is 10.5 Å². The van der Waals surface area contributed by atoms with Crippen LogP contribution in [0, 0.1) is 30.6 Å². The average Bonchev–Trinajstić information content (AvgIpc) is 3.47. The van der Waals surface area contributed by atoms with Crippen LogP contribution >= 0.6 is 0 Å². The molecule has 11 heteroatoms. The number of anilines is 1. The third-order valence-electron chi connectivity index (χ3n) is 10.4. The van der Waals surface area contributed by atoms with Gasteiger partial charge in [-0.3, -0.25) is 24.6 Å². The van der Waals surface area contributed by atoms with Gasteiger partial charge in [0.15, 0.2) is 11.5 Å². The summed E-state index contributed by atoms with van der Waals surface area (Å²) in [4.78, 5) is 70.3. The first kappa shape index (κ1) is 31.2. The number of carbonyl (C=O) groups excluding carboxylic acids is 5. The van der Waals surface area contributed by atoms with Gasteiger partial charge in [-0.1, -0.05) is 65.7 Å². The Morgan fingerprint density at radius 3 is 2.38 bits per heavy atom. The lowest BCUT2D eigenvalue weighted by Crippen LogP contribution is -2.53. The molecule has 2 heterocycles. The van der Waals surface area contributed by atoms with Gasteiger partial charge in [-0.25, -0.2) is 4.79 Å². The van der Waals surface area contributed by atoms with Crippen LogP contribution in [-0.2, 0) is 29.3 Å². The molecule has 6 atom stereocenters. The van der Waals surface area contributed by atoms with Gasteiger partial charge in [0.25, 0.3) is 11.8 Å². The minimum atomic E-state index is -1.47. The van der Waals surface area contributed by atoms with Gasteiger partial charge >= 0.3 is 6.09 Å². The van der Waals surface area contributed by atoms with Crippen molar-refractivity contribution < 1.29 is 38.6 Å². The number of hydrazine groups is 1. The van der Waals surface area contributed by atoms with Crippen LogP contribution in [-0.4, -0.2) is 58.5 Å². The summed E-state index contributed by atoms with van der Waals surface area (Å²) in [6.45, 7) is 4.00. The van der Waals surface area contributed by atoms with Crippen LogP contribution < -0.4 is 10.2 Å². The maximum atomic E-state index is 15.1. The highest BCUT2D eigenvalue weighted by Crippen LogP contribution is 2.64. The van der Waals surface area contributed by atoms with E-state index < -0.39 is 64.7 Å². The summed E-state index contributed by atoms with van der Waals surface area (Å²) in [6.07, 6.45) is 1.08. The third kappa shape index (κ3) is 4.44. The second-order valence-corrected chi connectivity index (χ2v) is 12.7. The van der Waals surface area contributed by atoms with Crippen molar-refractivity contribution in [2.75, 3.05) is 19.1 Å². The van der Waals surface area contributed by atoms with E-state index >= 15 is 4.79 Å². The molecule has 3 fully saturated rings. The Bertz CT molecular complexity index is 1870. The van der Waals surface area contributed by atoms with Gasteiger partial charge in [0, 0.05) is 5.92 Å². The maximum absolute atomic E-state index is 15.1.